The minimum Gasteiger partial charge on any atom is -0.391 e. The summed E-state index contributed by atoms with van der Waals surface area (Å²) in [6.07, 6.45) is 3.71. The van der Waals surface area contributed by atoms with Crippen molar-refractivity contribution in [2.75, 3.05) is 20.1 Å². The van der Waals surface area contributed by atoms with Crippen molar-refractivity contribution in [3.63, 3.8) is 0 Å². The molecule has 1 aliphatic carbocycles. The Bertz CT molecular complexity index is 449. The summed E-state index contributed by atoms with van der Waals surface area (Å²) in [6, 6.07) is 0. The van der Waals surface area contributed by atoms with Gasteiger partial charge in [0.05, 0.1) is 4.99 Å². The van der Waals surface area contributed by atoms with Crippen molar-refractivity contribution in [1.82, 2.24) is 9.80 Å². The van der Waals surface area contributed by atoms with Crippen LogP contribution in [0.3, 0.4) is 0 Å². The molecule has 0 aromatic heterocycles. The van der Waals surface area contributed by atoms with Crippen LogP contribution in [0.25, 0.3) is 0 Å². The fourth-order valence-corrected chi connectivity index (χ4v) is 4.19. The second-order valence-corrected chi connectivity index (χ2v) is 6.86. The van der Waals surface area contributed by atoms with Crippen molar-refractivity contribution in [2.45, 2.75) is 37.6 Å². The molecule has 1 saturated carbocycles. The van der Waals surface area contributed by atoms with E-state index in [9.17, 15) is 9.59 Å². The molecule has 20 heavy (non-hydrogen) atoms. The van der Waals surface area contributed by atoms with Crippen molar-refractivity contribution in [3.05, 3.63) is 0 Å². The van der Waals surface area contributed by atoms with Crippen LogP contribution in [0.1, 0.15) is 32.1 Å². The first-order chi connectivity index (χ1) is 9.45. The van der Waals surface area contributed by atoms with Crippen molar-refractivity contribution in [3.8, 4) is 0 Å². The highest BCUT2D eigenvalue weighted by atomic mass is 32.1. The lowest BCUT2D eigenvalue weighted by molar-refractivity contribution is -0.159. The zero-order valence-corrected chi connectivity index (χ0v) is 12.6. The molecule has 2 aliphatic heterocycles. The molecule has 2 amide bonds. The highest BCUT2D eigenvalue weighted by molar-refractivity contribution is 7.80. The number of imide groups is 1. The molecule has 3 rings (SSSR count). The van der Waals surface area contributed by atoms with Gasteiger partial charge in [0.1, 0.15) is 5.54 Å². The van der Waals surface area contributed by atoms with Crippen molar-refractivity contribution in [2.24, 2.45) is 17.6 Å². The summed E-state index contributed by atoms with van der Waals surface area (Å²) in [5, 5.41) is 0. The third-order valence-corrected chi connectivity index (χ3v) is 5.65. The van der Waals surface area contributed by atoms with E-state index in [1.54, 1.807) is 0 Å². The van der Waals surface area contributed by atoms with Gasteiger partial charge in [-0.1, -0.05) is 12.2 Å². The van der Waals surface area contributed by atoms with E-state index < -0.39 is 5.54 Å². The number of thiocarbonyl (C=S) groups is 1. The maximum absolute atomic E-state index is 12.7. The Balaban J connectivity index is 1.97. The minimum absolute atomic E-state index is 0.00332. The summed E-state index contributed by atoms with van der Waals surface area (Å²) in [7, 11) is 2.03. The third kappa shape index (κ3) is 1.89. The van der Waals surface area contributed by atoms with Crippen LogP contribution in [0.2, 0.25) is 0 Å². The number of hydrogen-bond acceptors (Lipinski definition) is 4. The SMILES string of the molecule is CN1CCC(C(N)=S)(N2C(=O)C3CCC(C3)C2=O)CC1. The normalized spacial score (nSPS) is 33.5. The molecule has 110 valence electrons. The largest absolute Gasteiger partial charge is 0.391 e. The number of carbonyl (C=O) groups is 2. The second kappa shape index (κ2) is 4.77. The molecule has 3 aliphatic rings. The van der Waals surface area contributed by atoms with Crippen LogP contribution in [0.4, 0.5) is 0 Å². The van der Waals surface area contributed by atoms with E-state index in [4.69, 9.17) is 18.0 Å². The minimum atomic E-state index is -0.725. The lowest BCUT2D eigenvalue weighted by Gasteiger charge is -2.48. The predicted molar refractivity (Wildman–Crippen MR) is 78.9 cm³/mol. The number of piperidine rings is 2. The van der Waals surface area contributed by atoms with Gasteiger partial charge in [0.25, 0.3) is 0 Å². The zero-order chi connectivity index (χ0) is 14.5. The molecule has 0 spiro atoms. The van der Waals surface area contributed by atoms with Crippen LogP contribution >= 0.6 is 12.2 Å². The quantitative estimate of drug-likeness (QED) is 0.594. The van der Waals surface area contributed by atoms with Crippen molar-refractivity contribution < 1.29 is 9.59 Å². The lowest BCUT2D eigenvalue weighted by Crippen LogP contribution is -2.67. The molecular formula is C14H21N3O2S. The van der Waals surface area contributed by atoms with Gasteiger partial charge in [-0.05, 0) is 39.2 Å². The molecule has 2 N–H and O–H groups in total. The Morgan fingerprint density at radius 2 is 1.70 bits per heavy atom. The first-order valence-electron chi connectivity index (χ1n) is 7.32. The molecule has 2 atom stereocenters. The number of nitrogens with two attached hydrogens (primary N) is 1. The Morgan fingerprint density at radius 3 is 2.15 bits per heavy atom. The topological polar surface area (TPSA) is 66.6 Å². The molecule has 2 bridgehead atoms. The van der Waals surface area contributed by atoms with Crippen LogP contribution in [0, 0.1) is 11.8 Å². The van der Waals surface area contributed by atoms with E-state index in [0.717, 1.165) is 32.4 Å². The van der Waals surface area contributed by atoms with Crippen molar-refractivity contribution >= 4 is 29.0 Å². The van der Waals surface area contributed by atoms with E-state index in [0.29, 0.717) is 17.8 Å². The number of hydrogen-bond donors (Lipinski definition) is 1. The average molecular weight is 295 g/mol. The van der Waals surface area contributed by atoms with E-state index in [2.05, 4.69) is 4.90 Å². The summed E-state index contributed by atoms with van der Waals surface area (Å²) in [5.41, 5.74) is 5.26. The summed E-state index contributed by atoms with van der Waals surface area (Å²) >= 11 is 5.26. The average Bonchev–Trinajstić information content (AvgIpc) is 2.86. The van der Waals surface area contributed by atoms with E-state index in [-0.39, 0.29) is 23.7 Å². The molecule has 2 saturated heterocycles. The fourth-order valence-electron chi connectivity index (χ4n) is 3.89. The van der Waals surface area contributed by atoms with E-state index in [1.807, 2.05) is 7.05 Å². The Morgan fingerprint density at radius 1 is 1.20 bits per heavy atom. The summed E-state index contributed by atoms with van der Waals surface area (Å²) in [5.74, 6) is -0.0747. The first kappa shape index (κ1) is 13.9. The van der Waals surface area contributed by atoms with E-state index in [1.165, 1.54) is 4.90 Å². The molecule has 2 unspecified atom stereocenters. The fraction of sp³-hybridized carbons (Fsp3) is 0.786. The smallest absolute Gasteiger partial charge is 0.233 e. The number of likely N-dealkylation sites (tertiary alicyclic amines) is 2. The maximum atomic E-state index is 12.7. The van der Waals surface area contributed by atoms with E-state index >= 15 is 0 Å². The van der Waals surface area contributed by atoms with Gasteiger partial charge in [0.15, 0.2) is 0 Å². The monoisotopic (exact) mass is 295 g/mol. The second-order valence-electron chi connectivity index (χ2n) is 6.42. The van der Waals surface area contributed by atoms with Gasteiger partial charge in [-0.25, -0.2) is 0 Å². The maximum Gasteiger partial charge on any atom is 0.233 e. The highest BCUT2D eigenvalue weighted by Gasteiger charge is 2.55. The predicted octanol–water partition coefficient (Wildman–Crippen LogP) is 0.522. The van der Waals surface area contributed by atoms with Gasteiger partial charge >= 0.3 is 0 Å². The molecule has 0 aromatic rings. The van der Waals surface area contributed by atoms with Crippen LogP contribution in [-0.4, -0.2) is 52.3 Å². The summed E-state index contributed by atoms with van der Waals surface area (Å²) in [6.45, 7) is 1.62. The number of rotatable bonds is 2. The number of carbonyl (C=O) groups excluding carboxylic acids is 2. The van der Waals surface area contributed by atoms with Gasteiger partial charge in [0.2, 0.25) is 11.8 Å². The van der Waals surface area contributed by atoms with Crippen LogP contribution < -0.4 is 5.73 Å². The van der Waals surface area contributed by atoms with Gasteiger partial charge in [-0.2, -0.15) is 0 Å². The molecule has 2 heterocycles. The first-order valence-corrected chi connectivity index (χ1v) is 7.73. The number of fused-ring (bicyclic) bond motifs is 2. The van der Waals surface area contributed by atoms with Crippen molar-refractivity contribution in [1.29, 1.82) is 0 Å². The molecule has 0 aromatic carbocycles. The highest BCUT2D eigenvalue weighted by Crippen LogP contribution is 2.43. The van der Waals surface area contributed by atoms with Crippen LogP contribution in [-0.2, 0) is 9.59 Å². The Kier molecular flexibility index (Phi) is 3.33. The molecule has 5 nitrogen and oxygen atoms in total. The van der Waals surface area contributed by atoms with Gasteiger partial charge < -0.3 is 10.6 Å². The van der Waals surface area contributed by atoms with Crippen LogP contribution in [0.5, 0.6) is 0 Å². The van der Waals surface area contributed by atoms with Gasteiger partial charge in [-0.15, -0.1) is 0 Å². The van der Waals surface area contributed by atoms with Crippen LogP contribution in [0.15, 0.2) is 0 Å². The number of nitrogens with zero attached hydrogens (tertiary/aromatic N) is 2. The lowest BCUT2D eigenvalue weighted by atomic mass is 9.82. The molecular weight excluding hydrogens is 274 g/mol. The molecule has 6 heteroatoms. The zero-order valence-electron chi connectivity index (χ0n) is 11.8. The Hall–Kier alpha value is -1.01. The third-order valence-electron chi connectivity index (χ3n) is 5.27. The standard InChI is InChI=1S/C14H21N3O2S/c1-16-6-4-14(5-7-16,13(15)20)17-11(18)9-2-3-10(8-9)12(17)19/h9-10H,2-8H2,1H3,(H2,15,20). The Labute approximate surface area is 124 Å². The van der Waals surface area contributed by atoms with Gasteiger partial charge in [-0.3, -0.25) is 14.5 Å². The molecule has 3 fully saturated rings. The molecule has 0 radical (unpaired) electrons. The number of amides is 2. The summed E-state index contributed by atoms with van der Waals surface area (Å²) in [4.78, 5) is 29.3. The van der Waals surface area contributed by atoms with Gasteiger partial charge in [0, 0.05) is 24.9 Å². The summed E-state index contributed by atoms with van der Waals surface area (Å²) < 4.78 is 0.